The molecule has 1 aliphatic heterocycles. The average molecular weight is 370 g/mol. The largest absolute Gasteiger partial charge is 0.497 e. The summed E-state index contributed by atoms with van der Waals surface area (Å²) in [5.74, 6) is 1.46. The zero-order valence-electron chi connectivity index (χ0n) is 15.8. The average Bonchev–Trinajstić information content (AvgIpc) is 2.75. The van der Waals surface area contributed by atoms with Gasteiger partial charge in [0, 0.05) is 25.2 Å². The summed E-state index contributed by atoms with van der Waals surface area (Å²) >= 11 is 0. The molecule has 2 aromatic carbocycles. The van der Waals surface area contributed by atoms with Crippen molar-refractivity contribution in [1.29, 1.82) is 0 Å². The Morgan fingerprint density at radius 3 is 2.11 bits per heavy atom. The third-order valence-electron chi connectivity index (χ3n) is 4.80. The van der Waals surface area contributed by atoms with E-state index in [-0.39, 0.29) is 11.9 Å². The number of ether oxygens (including phenoxy) is 3. The number of methoxy groups -OCH3 is 2. The highest BCUT2D eigenvalue weighted by atomic mass is 16.5. The molecule has 144 valence electrons. The fraction of sp³-hybridized carbons (Fsp3) is 0.381. The Kier molecular flexibility index (Phi) is 6.68. The van der Waals surface area contributed by atoms with Crippen molar-refractivity contribution in [2.24, 2.45) is 0 Å². The van der Waals surface area contributed by atoms with E-state index in [1.165, 1.54) is 0 Å². The molecule has 3 rings (SSSR count). The number of carbonyl (C=O) groups is 1. The zero-order valence-corrected chi connectivity index (χ0v) is 15.8. The van der Waals surface area contributed by atoms with E-state index in [4.69, 9.17) is 14.2 Å². The summed E-state index contributed by atoms with van der Waals surface area (Å²) in [5.41, 5.74) is 1.76. The van der Waals surface area contributed by atoms with Gasteiger partial charge in [0.1, 0.15) is 11.5 Å². The van der Waals surface area contributed by atoms with Crippen LogP contribution in [0.4, 0.5) is 0 Å². The van der Waals surface area contributed by atoms with Crippen LogP contribution in [0, 0.1) is 0 Å². The third kappa shape index (κ3) is 4.99. The van der Waals surface area contributed by atoms with Crippen molar-refractivity contribution in [2.45, 2.75) is 6.04 Å². The highest BCUT2D eigenvalue weighted by molar-refractivity contribution is 5.94. The van der Waals surface area contributed by atoms with Crippen LogP contribution in [0.15, 0.2) is 48.5 Å². The van der Waals surface area contributed by atoms with Crippen molar-refractivity contribution >= 4 is 5.91 Å². The maximum atomic E-state index is 12.5. The SMILES string of the molecule is COc1ccc(C(=O)NC[C@@H](c2ccc(OC)cc2)N2CCOCC2)cc1. The number of nitrogens with zero attached hydrogens (tertiary/aromatic N) is 1. The van der Waals surface area contributed by atoms with Crippen LogP contribution in [0.5, 0.6) is 11.5 Å². The summed E-state index contributed by atoms with van der Waals surface area (Å²) in [6, 6.07) is 15.2. The Labute approximate surface area is 160 Å². The molecule has 27 heavy (non-hydrogen) atoms. The molecule has 1 heterocycles. The number of hydrogen-bond donors (Lipinski definition) is 1. The van der Waals surface area contributed by atoms with Crippen LogP contribution in [0.2, 0.25) is 0 Å². The minimum absolute atomic E-state index is 0.0852. The van der Waals surface area contributed by atoms with Crippen molar-refractivity contribution < 1.29 is 19.0 Å². The van der Waals surface area contributed by atoms with Gasteiger partial charge >= 0.3 is 0 Å². The van der Waals surface area contributed by atoms with Gasteiger partial charge in [-0.15, -0.1) is 0 Å². The molecule has 1 atom stereocenters. The Balaban J connectivity index is 1.70. The maximum absolute atomic E-state index is 12.5. The predicted molar refractivity (Wildman–Crippen MR) is 103 cm³/mol. The number of benzene rings is 2. The number of carbonyl (C=O) groups excluding carboxylic acids is 1. The van der Waals surface area contributed by atoms with E-state index >= 15 is 0 Å². The standard InChI is InChI=1S/C21H26N2O4/c1-25-18-7-3-16(4-8-18)20(23-11-13-27-14-12-23)15-22-21(24)17-5-9-19(26-2)10-6-17/h3-10,20H,11-15H2,1-2H3,(H,22,24)/t20-/m0/s1. The normalized spacial score (nSPS) is 15.8. The van der Waals surface area contributed by atoms with Gasteiger partial charge in [0.2, 0.25) is 0 Å². The minimum Gasteiger partial charge on any atom is -0.497 e. The lowest BCUT2D eigenvalue weighted by Gasteiger charge is -2.35. The van der Waals surface area contributed by atoms with Gasteiger partial charge < -0.3 is 19.5 Å². The number of rotatable bonds is 7. The van der Waals surface area contributed by atoms with Crippen molar-refractivity contribution in [3.05, 3.63) is 59.7 Å². The first-order valence-corrected chi connectivity index (χ1v) is 9.09. The number of nitrogens with one attached hydrogen (secondary N) is 1. The molecule has 0 saturated carbocycles. The number of hydrogen-bond acceptors (Lipinski definition) is 5. The van der Waals surface area contributed by atoms with E-state index in [2.05, 4.69) is 22.3 Å². The lowest BCUT2D eigenvalue weighted by Crippen LogP contribution is -2.43. The molecule has 6 heteroatoms. The van der Waals surface area contributed by atoms with Crippen LogP contribution in [0.3, 0.4) is 0 Å². The molecule has 0 spiro atoms. The van der Waals surface area contributed by atoms with Crippen molar-refractivity contribution in [2.75, 3.05) is 47.1 Å². The first-order chi connectivity index (χ1) is 13.2. The summed E-state index contributed by atoms with van der Waals surface area (Å²) in [7, 11) is 3.26. The lowest BCUT2D eigenvalue weighted by molar-refractivity contribution is 0.0162. The smallest absolute Gasteiger partial charge is 0.251 e. The highest BCUT2D eigenvalue weighted by Gasteiger charge is 2.23. The van der Waals surface area contributed by atoms with Crippen LogP contribution in [-0.2, 0) is 4.74 Å². The van der Waals surface area contributed by atoms with Gasteiger partial charge in [-0.05, 0) is 42.0 Å². The predicted octanol–water partition coefficient (Wildman–Crippen LogP) is 2.51. The van der Waals surface area contributed by atoms with E-state index in [9.17, 15) is 4.79 Å². The molecule has 6 nitrogen and oxygen atoms in total. The maximum Gasteiger partial charge on any atom is 0.251 e. The van der Waals surface area contributed by atoms with Gasteiger partial charge in [-0.25, -0.2) is 0 Å². The quantitative estimate of drug-likeness (QED) is 0.812. The van der Waals surface area contributed by atoms with E-state index in [1.54, 1.807) is 38.5 Å². The van der Waals surface area contributed by atoms with E-state index in [0.29, 0.717) is 25.3 Å². The third-order valence-corrected chi connectivity index (χ3v) is 4.80. The molecule has 1 N–H and O–H groups in total. The fourth-order valence-corrected chi connectivity index (χ4v) is 3.21. The summed E-state index contributed by atoms with van der Waals surface area (Å²) in [6.45, 7) is 3.62. The van der Waals surface area contributed by atoms with Gasteiger partial charge in [0.25, 0.3) is 5.91 Å². The zero-order chi connectivity index (χ0) is 19.1. The van der Waals surface area contributed by atoms with E-state index in [0.717, 1.165) is 30.2 Å². The number of morpholine rings is 1. The summed E-state index contributed by atoms with van der Waals surface area (Å²) in [6.07, 6.45) is 0. The second-order valence-corrected chi connectivity index (χ2v) is 6.38. The first-order valence-electron chi connectivity index (χ1n) is 9.09. The van der Waals surface area contributed by atoms with Gasteiger partial charge in [-0.1, -0.05) is 12.1 Å². The molecular formula is C21H26N2O4. The molecule has 1 saturated heterocycles. The summed E-state index contributed by atoms with van der Waals surface area (Å²) in [5, 5.41) is 3.07. The molecule has 2 aromatic rings. The molecule has 1 aliphatic rings. The van der Waals surface area contributed by atoms with Crippen LogP contribution >= 0.6 is 0 Å². The number of amides is 1. The second-order valence-electron chi connectivity index (χ2n) is 6.38. The Hall–Kier alpha value is -2.57. The minimum atomic E-state index is -0.0931. The van der Waals surface area contributed by atoms with Gasteiger partial charge in [-0.3, -0.25) is 9.69 Å². The Morgan fingerprint density at radius 1 is 1.00 bits per heavy atom. The molecule has 0 bridgehead atoms. The van der Waals surface area contributed by atoms with Crippen LogP contribution in [0.1, 0.15) is 22.0 Å². The van der Waals surface area contributed by atoms with E-state index < -0.39 is 0 Å². The van der Waals surface area contributed by atoms with Crippen molar-refractivity contribution in [3.63, 3.8) is 0 Å². The van der Waals surface area contributed by atoms with Crippen LogP contribution in [0.25, 0.3) is 0 Å². The Morgan fingerprint density at radius 2 is 1.56 bits per heavy atom. The molecule has 0 aromatic heterocycles. The second kappa shape index (κ2) is 9.39. The van der Waals surface area contributed by atoms with Crippen molar-refractivity contribution in [1.82, 2.24) is 10.2 Å². The molecule has 0 unspecified atom stereocenters. The van der Waals surface area contributed by atoms with Crippen molar-refractivity contribution in [3.8, 4) is 11.5 Å². The molecular weight excluding hydrogens is 344 g/mol. The molecule has 0 radical (unpaired) electrons. The molecule has 1 fully saturated rings. The van der Waals surface area contributed by atoms with Gasteiger partial charge in [0.05, 0.1) is 33.5 Å². The summed E-state index contributed by atoms with van der Waals surface area (Å²) < 4.78 is 15.9. The monoisotopic (exact) mass is 370 g/mol. The highest BCUT2D eigenvalue weighted by Crippen LogP contribution is 2.24. The van der Waals surface area contributed by atoms with Crippen LogP contribution < -0.4 is 14.8 Å². The topological polar surface area (TPSA) is 60.0 Å². The molecule has 0 aliphatic carbocycles. The first kappa shape index (κ1) is 19.2. The van der Waals surface area contributed by atoms with E-state index in [1.807, 2.05) is 12.1 Å². The molecule has 1 amide bonds. The van der Waals surface area contributed by atoms with Gasteiger partial charge in [-0.2, -0.15) is 0 Å². The van der Waals surface area contributed by atoms with Crippen LogP contribution in [-0.4, -0.2) is 57.9 Å². The lowest BCUT2D eigenvalue weighted by atomic mass is 10.0. The summed E-state index contributed by atoms with van der Waals surface area (Å²) in [4.78, 5) is 14.9. The van der Waals surface area contributed by atoms with Gasteiger partial charge in [0.15, 0.2) is 0 Å². The Bertz CT molecular complexity index is 725. The fourth-order valence-electron chi connectivity index (χ4n) is 3.21.